The Morgan fingerprint density at radius 3 is 2.63 bits per heavy atom. The van der Waals surface area contributed by atoms with Crippen molar-refractivity contribution in [2.75, 3.05) is 20.2 Å². The summed E-state index contributed by atoms with van der Waals surface area (Å²) in [6.45, 7) is 2.71. The molecule has 11 nitrogen and oxygen atoms in total. The van der Waals surface area contributed by atoms with Crippen molar-refractivity contribution in [2.24, 2.45) is 7.05 Å². The van der Waals surface area contributed by atoms with Crippen LogP contribution >= 0.6 is 0 Å². The fourth-order valence-corrected chi connectivity index (χ4v) is 4.68. The Morgan fingerprint density at radius 1 is 1.23 bits per heavy atom. The number of nitrogens with zero attached hydrogens (tertiary/aromatic N) is 6. The molecule has 1 aliphatic rings. The van der Waals surface area contributed by atoms with E-state index in [-0.39, 0.29) is 34.8 Å². The average Bonchev–Trinajstić information content (AvgIpc) is 3.42. The van der Waals surface area contributed by atoms with Crippen molar-refractivity contribution < 1.29 is 35.9 Å². The lowest BCUT2D eigenvalue weighted by Gasteiger charge is -2.16. The standard InChI is InChI=1S/C20H21F3N6O5S/c1-4-14(30)29-6-5-12(9-29)34-19-15-17(25-10-26-19)28(2)16(27-15)11-7-13(18(33-3)24-8-11)35(31,32)20(21,22)23/h7-8,10,12H,4-6,9H2,1-3H3. The molecule has 1 fully saturated rings. The maximum Gasteiger partial charge on any atom is 0.502 e. The number of halogens is 3. The third-order valence-electron chi connectivity index (χ3n) is 5.57. The molecular weight excluding hydrogens is 493 g/mol. The molecule has 15 heteroatoms. The van der Waals surface area contributed by atoms with E-state index in [1.54, 1.807) is 18.9 Å². The molecule has 1 atom stereocenters. The molecular formula is C20H21F3N6O5S. The van der Waals surface area contributed by atoms with E-state index < -0.39 is 26.1 Å². The van der Waals surface area contributed by atoms with Crippen LogP contribution in [0.1, 0.15) is 19.8 Å². The predicted octanol–water partition coefficient (Wildman–Crippen LogP) is 2.12. The lowest BCUT2D eigenvalue weighted by Crippen LogP contribution is -2.30. The molecule has 1 aliphatic heterocycles. The number of carbonyl (C=O) groups is 1. The minimum absolute atomic E-state index is 0.0133. The quantitative estimate of drug-likeness (QED) is 0.486. The summed E-state index contributed by atoms with van der Waals surface area (Å²) in [6, 6.07) is 0.801. The second kappa shape index (κ2) is 8.94. The zero-order valence-electron chi connectivity index (χ0n) is 18.9. The Balaban J connectivity index is 1.74. The number of hydrogen-bond donors (Lipinski definition) is 0. The maximum absolute atomic E-state index is 13.2. The van der Waals surface area contributed by atoms with Crippen LogP contribution in [0.4, 0.5) is 13.2 Å². The molecule has 35 heavy (non-hydrogen) atoms. The number of ether oxygens (including phenoxy) is 2. The zero-order chi connectivity index (χ0) is 25.5. The molecule has 0 bridgehead atoms. The summed E-state index contributed by atoms with van der Waals surface area (Å²) in [7, 11) is -3.17. The van der Waals surface area contributed by atoms with Gasteiger partial charge < -0.3 is 18.9 Å². The SMILES string of the molecule is CCC(=O)N1CCC(Oc2ncnc3c2nc(-c2cnc(OC)c(S(=O)(=O)C(F)(F)F)c2)n3C)C1. The summed E-state index contributed by atoms with van der Waals surface area (Å²) >= 11 is 0. The number of imidazole rings is 1. The number of methoxy groups -OCH3 is 1. The van der Waals surface area contributed by atoms with E-state index in [2.05, 4.69) is 19.9 Å². The van der Waals surface area contributed by atoms with Crippen LogP contribution in [0.15, 0.2) is 23.5 Å². The predicted molar refractivity (Wildman–Crippen MR) is 115 cm³/mol. The molecule has 4 heterocycles. The summed E-state index contributed by atoms with van der Waals surface area (Å²) in [6.07, 6.45) is 3.06. The van der Waals surface area contributed by atoms with E-state index in [4.69, 9.17) is 9.47 Å². The van der Waals surface area contributed by atoms with Gasteiger partial charge in [0, 0.05) is 38.2 Å². The summed E-state index contributed by atoms with van der Waals surface area (Å²) in [5.74, 6) is -0.452. The van der Waals surface area contributed by atoms with Gasteiger partial charge in [-0.05, 0) is 6.07 Å². The van der Waals surface area contributed by atoms with Gasteiger partial charge in [0.25, 0.3) is 9.84 Å². The van der Waals surface area contributed by atoms with Crippen molar-refractivity contribution >= 4 is 26.9 Å². The first-order chi connectivity index (χ1) is 16.5. The molecule has 0 N–H and O–H groups in total. The molecule has 0 aromatic carbocycles. The first kappa shape index (κ1) is 24.6. The van der Waals surface area contributed by atoms with E-state index in [9.17, 15) is 26.4 Å². The molecule has 1 unspecified atom stereocenters. The van der Waals surface area contributed by atoms with Crippen molar-refractivity contribution in [3.63, 3.8) is 0 Å². The van der Waals surface area contributed by atoms with Crippen LogP contribution in [0.2, 0.25) is 0 Å². The molecule has 0 aliphatic carbocycles. The Bertz CT molecular complexity index is 1390. The number of aryl methyl sites for hydroxylation is 1. The average molecular weight is 514 g/mol. The smallest absolute Gasteiger partial charge is 0.480 e. The minimum atomic E-state index is -5.74. The highest BCUT2D eigenvalue weighted by Gasteiger charge is 2.49. The molecule has 3 aromatic rings. The topological polar surface area (TPSA) is 129 Å². The van der Waals surface area contributed by atoms with Gasteiger partial charge in [0.05, 0.1) is 13.7 Å². The van der Waals surface area contributed by atoms with Gasteiger partial charge in [0.1, 0.15) is 23.2 Å². The van der Waals surface area contributed by atoms with Crippen molar-refractivity contribution in [3.8, 4) is 23.1 Å². The van der Waals surface area contributed by atoms with E-state index in [0.717, 1.165) is 19.4 Å². The summed E-state index contributed by atoms with van der Waals surface area (Å²) in [5, 5.41) is 0. The normalized spacial score (nSPS) is 16.6. The molecule has 188 valence electrons. The molecule has 4 rings (SSSR count). The van der Waals surface area contributed by atoms with Crippen LogP contribution in [-0.2, 0) is 21.7 Å². The fourth-order valence-electron chi connectivity index (χ4n) is 3.78. The number of pyridine rings is 1. The number of fused-ring (bicyclic) bond motifs is 1. The number of rotatable bonds is 6. The number of likely N-dealkylation sites (tertiary alicyclic amines) is 1. The molecule has 3 aromatic heterocycles. The van der Waals surface area contributed by atoms with Gasteiger partial charge >= 0.3 is 5.51 Å². The van der Waals surface area contributed by atoms with Crippen LogP contribution in [0.3, 0.4) is 0 Å². The summed E-state index contributed by atoms with van der Waals surface area (Å²) < 4.78 is 76.0. The summed E-state index contributed by atoms with van der Waals surface area (Å²) in [4.78, 5) is 28.9. The van der Waals surface area contributed by atoms with E-state index in [0.29, 0.717) is 31.6 Å². The fraction of sp³-hybridized carbons (Fsp3) is 0.450. The number of aromatic nitrogens is 5. The van der Waals surface area contributed by atoms with Gasteiger partial charge in [0.2, 0.25) is 17.7 Å². The number of hydrogen-bond acceptors (Lipinski definition) is 9. The zero-order valence-corrected chi connectivity index (χ0v) is 19.7. The Hall–Kier alpha value is -3.49. The van der Waals surface area contributed by atoms with E-state index >= 15 is 0 Å². The van der Waals surface area contributed by atoms with Gasteiger partial charge in [-0.15, -0.1) is 0 Å². The van der Waals surface area contributed by atoms with Crippen LogP contribution in [0.5, 0.6) is 11.8 Å². The lowest BCUT2D eigenvalue weighted by molar-refractivity contribution is -0.130. The van der Waals surface area contributed by atoms with Gasteiger partial charge in [0.15, 0.2) is 11.2 Å². The lowest BCUT2D eigenvalue weighted by atomic mass is 10.2. The minimum Gasteiger partial charge on any atom is -0.480 e. The number of alkyl halides is 3. The second-order valence-electron chi connectivity index (χ2n) is 7.75. The first-order valence-electron chi connectivity index (χ1n) is 10.5. The summed E-state index contributed by atoms with van der Waals surface area (Å²) in [5.41, 5.74) is -5.03. The van der Waals surface area contributed by atoms with Gasteiger partial charge in [-0.2, -0.15) is 18.2 Å². The van der Waals surface area contributed by atoms with E-state index in [1.165, 1.54) is 10.9 Å². The Kier molecular flexibility index (Phi) is 6.29. The highest BCUT2D eigenvalue weighted by molar-refractivity contribution is 7.92. The monoisotopic (exact) mass is 514 g/mol. The van der Waals surface area contributed by atoms with E-state index in [1.807, 2.05) is 0 Å². The highest BCUT2D eigenvalue weighted by atomic mass is 32.2. The molecule has 0 radical (unpaired) electrons. The largest absolute Gasteiger partial charge is 0.502 e. The van der Waals surface area contributed by atoms with Crippen LogP contribution < -0.4 is 9.47 Å². The second-order valence-corrected chi connectivity index (χ2v) is 9.66. The van der Waals surface area contributed by atoms with Crippen molar-refractivity contribution in [2.45, 2.75) is 36.3 Å². The van der Waals surface area contributed by atoms with Crippen molar-refractivity contribution in [1.29, 1.82) is 0 Å². The van der Waals surface area contributed by atoms with Gasteiger partial charge in [-0.3, -0.25) is 4.79 Å². The third-order valence-corrected chi connectivity index (χ3v) is 7.05. The van der Waals surface area contributed by atoms with Crippen LogP contribution in [-0.4, -0.2) is 75.5 Å². The van der Waals surface area contributed by atoms with Gasteiger partial charge in [-0.1, -0.05) is 6.92 Å². The number of carbonyl (C=O) groups excluding carboxylic acids is 1. The van der Waals surface area contributed by atoms with Crippen molar-refractivity contribution in [3.05, 3.63) is 18.6 Å². The number of sulfone groups is 1. The Labute approximate surface area is 197 Å². The maximum atomic E-state index is 13.2. The number of amides is 1. The molecule has 1 saturated heterocycles. The third kappa shape index (κ3) is 4.35. The van der Waals surface area contributed by atoms with Gasteiger partial charge in [-0.25, -0.2) is 23.4 Å². The Morgan fingerprint density at radius 2 is 1.97 bits per heavy atom. The molecule has 0 saturated carbocycles. The van der Waals surface area contributed by atoms with Crippen molar-refractivity contribution in [1.82, 2.24) is 29.4 Å². The highest BCUT2D eigenvalue weighted by Crippen LogP contribution is 2.37. The van der Waals surface area contributed by atoms with Crippen LogP contribution in [0.25, 0.3) is 22.6 Å². The molecule has 0 spiro atoms. The molecule has 1 amide bonds. The first-order valence-corrected chi connectivity index (χ1v) is 11.9. The van der Waals surface area contributed by atoms with Crippen LogP contribution in [0, 0.1) is 0 Å².